The lowest BCUT2D eigenvalue weighted by Gasteiger charge is -2.16. The Hall–Kier alpha value is -3.35. The Morgan fingerprint density at radius 1 is 1.04 bits per heavy atom. The van der Waals surface area contributed by atoms with Gasteiger partial charge in [0.25, 0.3) is 5.91 Å². The van der Waals surface area contributed by atoms with Gasteiger partial charge in [-0.2, -0.15) is 0 Å². The number of carbonyl (C=O) groups is 2. The van der Waals surface area contributed by atoms with Crippen molar-refractivity contribution < 1.29 is 23.9 Å². The van der Waals surface area contributed by atoms with E-state index in [0.29, 0.717) is 22.8 Å². The maximum absolute atomic E-state index is 13.0. The highest BCUT2D eigenvalue weighted by Gasteiger charge is 2.55. The van der Waals surface area contributed by atoms with E-state index in [-0.39, 0.29) is 18.4 Å². The number of hydrogen-bond donors (Lipinski definition) is 0. The minimum atomic E-state index is -0.928. The van der Waals surface area contributed by atoms with Crippen molar-refractivity contribution in [2.75, 3.05) is 14.2 Å². The van der Waals surface area contributed by atoms with Gasteiger partial charge in [-0.3, -0.25) is 14.5 Å². The van der Waals surface area contributed by atoms with Crippen LogP contribution in [0.3, 0.4) is 0 Å². The van der Waals surface area contributed by atoms with E-state index >= 15 is 0 Å². The summed E-state index contributed by atoms with van der Waals surface area (Å²) in [5.41, 5.74) is 1.88. The molecule has 0 aromatic heterocycles. The number of benzene rings is 2. The van der Waals surface area contributed by atoms with Crippen molar-refractivity contribution in [2.24, 2.45) is 11.1 Å². The summed E-state index contributed by atoms with van der Waals surface area (Å²) < 4.78 is 10.6. The fourth-order valence-corrected chi connectivity index (χ4v) is 3.39. The molecule has 2 atom stereocenters. The van der Waals surface area contributed by atoms with Crippen LogP contribution in [0.2, 0.25) is 0 Å². The molecule has 2 aliphatic rings. The fraction of sp³-hybridized carbons (Fsp3) is 0.250. The minimum absolute atomic E-state index is 0.210. The standard InChI is InChI=1S/C20H18N2O5/c1-25-13-8-9-14(15(10-13)26-2)17-16-18(27-21-17)20(24)22(19(16)23)11-12-6-4-3-5-7-12/h3-10,16,18H,11H2,1-2H3/t16-,18-/m1/s1. The summed E-state index contributed by atoms with van der Waals surface area (Å²) in [6.07, 6.45) is -0.928. The van der Waals surface area contributed by atoms with Crippen molar-refractivity contribution in [1.82, 2.24) is 4.90 Å². The predicted octanol–water partition coefficient (Wildman–Crippen LogP) is 1.99. The van der Waals surface area contributed by atoms with Crippen molar-refractivity contribution in [3.8, 4) is 11.5 Å². The lowest BCUT2D eigenvalue weighted by molar-refractivity contribution is -0.142. The van der Waals surface area contributed by atoms with Crippen LogP contribution in [0.1, 0.15) is 11.1 Å². The van der Waals surface area contributed by atoms with Gasteiger partial charge in [0.1, 0.15) is 23.1 Å². The summed E-state index contributed by atoms with van der Waals surface area (Å²) in [7, 11) is 3.08. The maximum atomic E-state index is 13.0. The lowest BCUT2D eigenvalue weighted by Crippen LogP contribution is -2.32. The molecule has 0 saturated carbocycles. The van der Waals surface area contributed by atoms with E-state index < -0.39 is 12.0 Å². The summed E-state index contributed by atoms with van der Waals surface area (Å²) in [5, 5.41) is 4.02. The molecule has 2 amide bonds. The normalized spacial score (nSPS) is 21.0. The number of ether oxygens (including phenoxy) is 2. The van der Waals surface area contributed by atoms with Crippen LogP contribution in [0.15, 0.2) is 53.7 Å². The molecule has 7 heteroatoms. The van der Waals surface area contributed by atoms with Crippen molar-refractivity contribution >= 4 is 17.5 Å². The van der Waals surface area contributed by atoms with Gasteiger partial charge in [0.05, 0.1) is 20.8 Å². The second kappa shape index (κ2) is 6.75. The van der Waals surface area contributed by atoms with Gasteiger partial charge < -0.3 is 14.3 Å². The van der Waals surface area contributed by atoms with Crippen LogP contribution in [-0.2, 0) is 21.0 Å². The summed E-state index contributed by atoms with van der Waals surface area (Å²) in [6, 6.07) is 14.6. The number of rotatable bonds is 5. The number of methoxy groups -OCH3 is 2. The first-order valence-corrected chi connectivity index (χ1v) is 8.49. The first kappa shape index (κ1) is 17.1. The fourth-order valence-electron chi connectivity index (χ4n) is 3.39. The molecule has 1 fully saturated rings. The molecule has 138 valence electrons. The van der Waals surface area contributed by atoms with Crippen LogP contribution in [0.4, 0.5) is 0 Å². The third kappa shape index (κ3) is 2.81. The average molecular weight is 366 g/mol. The van der Waals surface area contributed by atoms with Crippen LogP contribution >= 0.6 is 0 Å². The monoisotopic (exact) mass is 366 g/mol. The van der Waals surface area contributed by atoms with Gasteiger partial charge >= 0.3 is 0 Å². The Kier molecular flexibility index (Phi) is 4.27. The van der Waals surface area contributed by atoms with Crippen LogP contribution in [0.25, 0.3) is 0 Å². The van der Waals surface area contributed by atoms with E-state index in [2.05, 4.69) is 5.16 Å². The predicted molar refractivity (Wildman–Crippen MR) is 96.4 cm³/mol. The highest BCUT2D eigenvalue weighted by Crippen LogP contribution is 2.36. The SMILES string of the molecule is COc1ccc(C2=NO[C@H]3C(=O)N(Cc4ccccc4)C(=O)[C@H]23)c(OC)c1. The number of carbonyl (C=O) groups excluding carboxylic acids is 2. The van der Waals surface area contributed by atoms with Crippen LogP contribution < -0.4 is 9.47 Å². The molecule has 0 aliphatic carbocycles. The number of imide groups is 1. The van der Waals surface area contributed by atoms with Gasteiger partial charge in [-0.1, -0.05) is 35.5 Å². The largest absolute Gasteiger partial charge is 0.497 e. The third-order valence-electron chi connectivity index (χ3n) is 4.77. The highest BCUT2D eigenvalue weighted by atomic mass is 16.7. The molecule has 2 aromatic carbocycles. The first-order chi connectivity index (χ1) is 13.1. The van der Waals surface area contributed by atoms with Crippen molar-refractivity contribution in [1.29, 1.82) is 0 Å². The molecule has 2 heterocycles. The molecule has 0 unspecified atom stereocenters. The Bertz CT molecular complexity index is 925. The van der Waals surface area contributed by atoms with E-state index in [1.165, 1.54) is 12.0 Å². The minimum Gasteiger partial charge on any atom is -0.497 e. The Balaban J connectivity index is 1.64. The Morgan fingerprint density at radius 3 is 2.52 bits per heavy atom. The van der Waals surface area contributed by atoms with Gasteiger partial charge in [-0.05, 0) is 17.7 Å². The molecule has 4 rings (SSSR count). The number of nitrogens with zero attached hydrogens (tertiary/aromatic N) is 2. The molecule has 1 saturated heterocycles. The number of likely N-dealkylation sites (tertiary alicyclic amines) is 1. The number of hydrogen-bond acceptors (Lipinski definition) is 6. The molecular formula is C20H18N2O5. The first-order valence-electron chi connectivity index (χ1n) is 8.49. The zero-order valence-corrected chi connectivity index (χ0v) is 14.9. The van der Waals surface area contributed by atoms with E-state index in [9.17, 15) is 9.59 Å². The topological polar surface area (TPSA) is 77.4 Å². The Labute approximate surface area is 156 Å². The number of oxime groups is 1. The van der Waals surface area contributed by atoms with Gasteiger partial charge in [-0.25, -0.2) is 0 Å². The van der Waals surface area contributed by atoms with Crippen molar-refractivity contribution in [2.45, 2.75) is 12.6 Å². The second-order valence-electron chi connectivity index (χ2n) is 6.29. The van der Waals surface area contributed by atoms with Crippen LogP contribution in [0, 0.1) is 5.92 Å². The van der Waals surface area contributed by atoms with Gasteiger partial charge in [0.2, 0.25) is 12.0 Å². The second-order valence-corrected chi connectivity index (χ2v) is 6.29. The summed E-state index contributed by atoms with van der Waals surface area (Å²) in [5.74, 6) is -0.350. The van der Waals surface area contributed by atoms with E-state index in [1.54, 1.807) is 25.3 Å². The van der Waals surface area contributed by atoms with E-state index in [0.717, 1.165) is 5.56 Å². The number of amides is 2. The van der Waals surface area contributed by atoms with Gasteiger partial charge in [-0.15, -0.1) is 0 Å². The average Bonchev–Trinajstić information content (AvgIpc) is 3.24. The highest BCUT2D eigenvalue weighted by molar-refractivity contribution is 6.23. The zero-order chi connectivity index (χ0) is 19.0. The molecule has 0 radical (unpaired) electrons. The zero-order valence-electron chi connectivity index (χ0n) is 14.9. The van der Waals surface area contributed by atoms with Crippen LogP contribution in [-0.4, -0.2) is 42.7 Å². The molecule has 27 heavy (non-hydrogen) atoms. The van der Waals surface area contributed by atoms with Gasteiger partial charge in [0, 0.05) is 11.6 Å². The maximum Gasteiger partial charge on any atom is 0.274 e. The van der Waals surface area contributed by atoms with Crippen molar-refractivity contribution in [3.63, 3.8) is 0 Å². The van der Waals surface area contributed by atoms with Crippen LogP contribution in [0.5, 0.6) is 11.5 Å². The summed E-state index contributed by atoms with van der Waals surface area (Å²) in [4.78, 5) is 32.2. The third-order valence-corrected chi connectivity index (χ3v) is 4.77. The summed E-state index contributed by atoms with van der Waals surface area (Å²) in [6.45, 7) is 0.210. The Morgan fingerprint density at radius 2 is 1.81 bits per heavy atom. The molecule has 2 aromatic rings. The molecular weight excluding hydrogens is 348 g/mol. The number of fused-ring (bicyclic) bond motifs is 1. The van der Waals surface area contributed by atoms with E-state index in [4.69, 9.17) is 14.3 Å². The molecule has 0 spiro atoms. The molecule has 7 nitrogen and oxygen atoms in total. The van der Waals surface area contributed by atoms with Gasteiger partial charge in [0.15, 0.2) is 0 Å². The summed E-state index contributed by atoms with van der Waals surface area (Å²) >= 11 is 0. The quantitative estimate of drug-likeness (QED) is 0.757. The smallest absolute Gasteiger partial charge is 0.274 e. The molecule has 0 bridgehead atoms. The molecule has 2 aliphatic heterocycles. The van der Waals surface area contributed by atoms with E-state index in [1.807, 2.05) is 30.3 Å². The lowest BCUT2D eigenvalue weighted by atomic mass is 9.93. The van der Waals surface area contributed by atoms with Crippen molar-refractivity contribution in [3.05, 3.63) is 59.7 Å². The molecule has 0 N–H and O–H groups in total.